The van der Waals surface area contributed by atoms with Crippen LogP contribution in [0.25, 0.3) is 0 Å². The molecule has 0 radical (unpaired) electrons. The molecule has 0 aliphatic rings. The van der Waals surface area contributed by atoms with Crippen LogP contribution in [0.1, 0.15) is 23.7 Å². The Hall–Kier alpha value is -1.69. The van der Waals surface area contributed by atoms with Gasteiger partial charge in [0.25, 0.3) is 5.91 Å². The second-order valence-corrected chi connectivity index (χ2v) is 4.35. The Balaban J connectivity index is 2.20. The zero-order valence-corrected chi connectivity index (χ0v) is 11.6. The zero-order valence-electron chi connectivity index (χ0n) is 10.8. The summed E-state index contributed by atoms with van der Waals surface area (Å²) in [5.41, 5.74) is 0.438. The third-order valence-corrected chi connectivity index (χ3v) is 2.63. The lowest BCUT2D eigenvalue weighted by atomic mass is 10.2. The second-order valence-electron chi connectivity index (χ2n) is 3.95. The summed E-state index contributed by atoms with van der Waals surface area (Å²) < 4.78 is 12.7. The van der Waals surface area contributed by atoms with Crippen LogP contribution in [0, 0.1) is 5.82 Å². The van der Waals surface area contributed by atoms with Crippen LogP contribution in [0.4, 0.5) is 4.39 Å². The minimum atomic E-state index is -0.356. The first-order chi connectivity index (χ1) is 9.13. The molecular formula is C13H18FN3OS. The molecule has 4 nitrogen and oxygen atoms in total. The Morgan fingerprint density at radius 2 is 1.68 bits per heavy atom. The van der Waals surface area contributed by atoms with Gasteiger partial charge in [0.1, 0.15) is 5.82 Å². The maximum absolute atomic E-state index is 12.7. The molecule has 0 saturated carbocycles. The van der Waals surface area contributed by atoms with Crippen molar-refractivity contribution in [3.05, 3.63) is 35.6 Å². The highest BCUT2D eigenvalue weighted by molar-refractivity contribution is 7.80. The van der Waals surface area contributed by atoms with E-state index < -0.39 is 0 Å². The van der Waals surface area contributed by atoms with E-state index in [9.17, 15) is 9.18 Å². The molecule has 0 aromatic heterocycles. The minimum absolute atomic E-state index is 0.228. The van der Waals surface area contributed by atoms with Crippen molar-refractivity contribution in [3.63, 3.8) is 0 Å². The molecule has 6 heteroatoms. The third kappa shape index (κ3) is 6.15. The number of rotatable bonds is 6. The van der Waals surface area contributed by atoms with Crippen LogP contribution < -0.4 is 16.0 Å². The van der Waals surface area contributed by atoms with Gasteiger partial charge in [0.15, 0.2) is 5.11 Å². The standard InChI is InChI=1S/C13H18FN3OS/c1-2-7-16-13(19)17-9-8-15-12(18)10-3-5-11(14)6-4-10/h3-6H,2,7-9H2,1H3,(H,15,18)(H2,16,17,19). The van der Waals surface area contributed by atoms with Crippen LogP contribution >= 0.6 is 12.2 Å². The Labute approximate surface area is 117 Å². The number of carbonyl (C=O) groups excluding carboxylic acids is 1. The van der Waals surface area contributed by atoms with Crippen molar-refractivity contribution in [2.24, 2.45) is 0 Å². The van der Waals surface area contributed by atoms with Gasteiger partial charge in [-0.05, 0) is 42.9 Å². The van der Waals surface area contributed by atoms with Gasteiger partial charge in [-0.3, -0.25) is 4.79 Å². The van der Waals surface area contributed by atoms with E-state index in [-0.39, 0.29) is 11.7 Å². The molecule has 1 amide bonds. The first kappa shape index (κ1) is 15.4. The number of thiocarbonyl (C=S) groups is 1. The predicted molar refractivity (Wildman–Crippen MR) is 77.6 cm³/mol. The number of hydrogen-bond donors (Lipinski definition) is 3. The van der Waals surface area contributed by atoms with Gasteiger partial charge < -0.3 is 16.0 Å². The van der Waals surface area contributed by atoms with Crippen LogP contribution in [0.15, 0.2) is 24.3 Å². The molecule has 1 aromatic rings. The monoisotopic (exact) mass is 283 g/mol. The van der Waals surface area contributed by atoms with E-state index in [1.165, 1.54) is 24.3 Å². The Kier molecular flexibility index (Phi) is 6.81. The van der Waals surface area contributed by atoms with Gasteiger partial charge in [-0.25, -0.2) is 4.39 Å². The fourth-order valence-electron chi connectivity index (χ4n) is 1.36. The minimum Gasteiger partial charge on any atom is -0.363 e. The average Bonchev–Trinajstić information content (AvgIpc) is 2.41. The van der Waals surface area contributed by atoms with Crippen molar-refractivity contribution in [1.82, 2.24) is 16.0 Å². The number of amides is 1. The summed E-state index contributed by atoms with van der Waals surface area (Å²) in [5.74, 6) is -0.584. The number of nitrogens with one attached hydrogen (secondary N) is 3. The first-order valence-electron chi connectivity index (χ1n) is 6.19. The van der Waals surface area contributed by atoms with E-state index in [1.807, 2.05) is 0 Å². The summed E-state index contributed by atoms with van der Waals surface area (Å²) in [6, 6.07) is 5.42. The molecule has 104 valence electrons. The van der Waals surface area contributed by atoms with Crippen LogP contribution in [-0.4, -0.2) is 30.7 Å². The average molecular weight is 283 g/mol. The number of hydrogen-bond acceptors (Lipinski definition) is 2. The number of carbonyl (C=O) groups is 1. The van der Waals surface area contributed by atoms with Gasteiger partial charge in [0.2, 0.25) is 0 Å². The summed E-state index contributed by atoms with van der Waals surface area (Å²) in [7, 11) is 0. The molecule has 0 atom stereocenters. The topological polar surface area (TPSA) is 53.2 Å². The van der Waals surface area contributed by atoms with Crippen LogP contribution in [-0.2, 0) is 0 Å². The molecule has 0 unspecified atom stereocenters. The van der Waals surface area contributed by atoms with Crippen molar-refractivity contribution in [2.45, 2.75) is 13.3 Å². The Bertz CT molecular complexity index is 422. The Morgan fingerprint density at radius 3 is 2.32 bits per heavy atom. The van der Waals surface area contributed by atoms with E-state index in [4.69, 9.17) is 12.2 Å². The van der Waals surface area contributed by atoms with Gasteiger partial charge >= 0.3 is 0 Å². The quantitative estimate of drug-likeness (QED) is 0.546. The fourth-order valence-corrected chi connectivity index (χ4v) is 1.56. The molecule has 0 bridgehead atoms. The lowest BCUT2D eigenvalue weighted by Crippen LogP contribution is -2.40. The largest absolute Gasteiger partial charge is 0.363 e. The highest BCUT2D eigenvalue weighted by Crippen LogP contribution is 2.01. The molecule has 0 aliphatic heterocycles. The van der Waals surface area contributed by atoms with Crippen molar-refractivity contribution in [1.29, 1.82) is 0 Å². The number of halogens is 1. The molecule has 1 aromatic carbocycles. The van der Waals surface area contributed by atoms with E-state index in [0.717, 1.165) is 13.0 Å². The fraction of sp³-hybridized carbons (Fsp3) is 0.385. The van der Waals surface area contributed by atoms with Crippen LogP contribution in [0.3, 0.4) is 0 Å². The van der Waals surface area contributed by atoms with Crippen molar-refractivity contribution in [2.75, 3.05) is 19.6 Å². The molecule has 0 fully saturated rings. The zero-order chi connectivity index (χ0) is 14.1. The van der Waals surface area contributed by atoms with E-state index in [1.54, 1.807) is 0 Å². The number of benzene rings is 1. The summed E-state index contributed by atoms with van der Waals surface area (Å²) in [6.45, 7) is 3.87. The van der Waals surface area contributed by atoms with Crippen LogP contribution in [0.2, 0.25) is 0 Å². The van der Waals surface area contributed by atoms with Crippen molar-refractivity contribution < 1.29 is 9.18 Å². The summed E-state index contributed by atoms with van der Waals surface area (Å²) in [4.78, 5) is 11.7. The van der Waals surface area contributed by atoms with Gasteiger partial charge in [-0.1, -0.05) is 6.92 Å². The van der Waals surface area contributed by atoms with Crippen molar-refractivity contribution in [3.8, 4) is 0 Å². The van der Waals surface area contributed by atoms with Gasteiger partial charge in [-0.15, -0.1) is 0 Å². The lowest BCUT2D eigenvalue weighted by molar-refractivity contribution is 0.0954. The normalized spacial score (nSPS) is 9.79. The summed E-state index contributed by atoms with van der Waals surface area (Å²) in [5, 5.41) is 9.30. The highest BCUT2D eigenvalue weighted by atomic mass is 32.1. The highest BCUT2D eigenvalue weighted by Gasteiger charge is 2.04. The van der Waals surface area contributed by atoms with E-state index in [0.29, 0.717) is 23.8 Å². The molecule has 0 spiro atoms. The summed E-state index contributed by atoms with van der Waals surface area (Å²) in [6.07, 6.45) is 1.00. The molecule has 19 heavy (non-hydrogen) atoms. The maximum atomic E-state index is 12.7. The lowest BCUT2D eigenvalue weighted by Gasteiger charge is -2.10. The maximum Gasteiger partial charge on any atom is 0.251 e. The summed E-state index contributed by atoms with van der Waals surface area (Å²) >= 11 is 5.03. The molecule has 0 aliphatic carbocycles. The Morgan fingerprint density at radius 1 is 1.11 bits per heavy atom. The first-order valence-corrected chi connectivity index (χ1v) is 6.59. The molecular weight excluding hydrogens is 265 g/mol. The third-order valence-electron chi connectivity index (χ3n) is 2.34. The predicted octanol–water partition coefficient (Wildman–Crippen LogP) is 1.43. The van der Waals surface area contributed by atoms with Crippen molar-refractivity contribution >= 4 is 23.2 Å². The molecule has 3 N–H and O–H groups in total. The molecule has 0 saturated heterocycles. The smallest absolute Gasteiger partial charge is 0.251 e. The van der Waals surface area contributed by atoms with Gasteiger partial charge in [-0.2, -0.15) is 0 Å². The van der Waals surface area contributed by atoms with E-state index >= 15 is 0 Å². The second kappa shape index (κ2) is 8.42. The molecule has 1 rings (SSSR count). The van der Waals surface area contributed by atoms with E-state index in [2.05, 4.69) is 22.9 Å². The van der Waals surface area contributed by atoms with Crippen LogP contribution in [0.5, 0.6) is 0 Å². The van der Waals surface area contributed by atoms with Gasteiger partial charge in [0, 0.05) is 25.2 Å². The molecule has 0 heterocycles. The SMILES string of the molecule is CCCNC(=S)NCCNC(=O)c1ccc(F)cc1. The van der Waals surface area contributed by atoms with Gasteiger partial charge in [0.05, 0.1) is 0 Å².